The molecule has 124 valence electrons. The molecule has 3 heterocycles. The quantitative estimate of drug-likeness (QED) is 0.799. The van der Waals surface area contributed by atoms with Crippen LogP contribution in [0.25, 0.3) is 11.0 Å². The molecule has 1 aliphatic heterocycles. The predicted molar refractivity (Wildman–Crippen MR) is 84.3 cm³/mol. The molecule has 1 aliphatic rings. The largest absolute Gasteiger partial charge is 0.371 e. The third-order valence-corrected chi connectivity index (χ3v) is 4.18. The number of nitrogens with one attached hydrogen (secondary N) is 1. The fraction of sp³-hybridized carbons (Fsp3) is 0.294. The van der Waals surface area contributed by atoms with Gasteiger partial charge in [0.05, 0.1) is 29.9 Å². The van der Waals surface area contributed by atoms with Gasteiger partial charge < -0.3 is 14.6 Å². The number of ether oxygens (including phenoxy) is 1. The Kier molecular flexibility index (Phi) is 3.95. The van der Waals surface area contributed by atoms with E-state index in [4.69, 9.17) is 4.74 Å². The van der Waals surface area contributed by atoms with E-state index in [-0.39, 0.29) is 17.7 Å². The maximum absolute atomic E-state index is 13.6. The minimum atomic E-state index is -0.325. The van der Waals surface area contributed by atoms with Gasteiger partial charge in [-0.05, 0) is 18.2 Å². The Morgan fingerprint density at radius 2 is 2.21 bits per heavy atom. The molecule has 2 aromatic heterocycles. The van der Waals surface area contributed by atoms with Crippen LogP contribution in [0.3, 0.4) is 0 Å². The van der Waals surface area contributed by atoms with Crippen LogP contribution in [0.15, 0.2) is 36.7 Å². The third-order valence-electron chi connectivity index (χ3n) is 4.18. The second-order valence-corrected chi connectivity index (χ2v) is 5.80. The Morgan fingerprint density at radius 3 is 3.08 bits per heavy atom. The summed E-state index contributed by atoms with van der Waals surface area (Å²) in [4.78, 5) is 8.19. The number of pyridine rings is 1. The molecular weight excluding hydrogens is 314 g/mol. The van der Waals surface area contributed by atoms with Crippen molar-refractivity contribution in [1.29, 1.82) is 0 Å². The van der Waals surface area contributed by atoms with Gasteiger partial charge in [0, 0.05) is 30.9 Å². The molecule has 3 aromatic rings. The minimum Gasteiger partial charge on any atom is -0.371 e. The van der Waals surface area contributed by atoms with E-state index < -0.39 is 0 Å². The number of halogens is 2. The number of aromatic nitrogens is 3. The van der Waals surface area contributed by atoms with Crippen molar-refractivity contribution in [3.05, 3.63) is 59.7 Å². The van der Waals surface area contributed by atoms with Gasteiger partial charge in [-0.25, -0.2) is 13.8 Å². The van der Waals surface area contributed by atoms with E-state index in [0.717, 1.165) is 11.3 Å². The van der Waals surface area contributed by atoms with Crippen LogP contribution >= 0.6 is 0 Å². The van der Waals surface area contributed by atoms with Gasteiger partial charge in [-0.1, -0.05) is 0 Å². The molecule has 0 bridgehead atoms. The Hall–Kier alpha value is -2.38. The van der Waals surface area contributed by atoms with Crippen LogP contribution in [-0.2, 0) is 17.9 Å². The molecule has 0 aliphatic carbocycles. The molecule has 24 heavy (non-hydrogen) atoms. The zero-order valence-corrected chi connectivity index (χ0v) is 12.9. The van der Waals surface area contributed by atoms with Gasteiger partial charge in [0.15, 0.2) is 0 Å². The molecule has 0 saturated carbocycles. The van der Waals surface area contributed by atoms with Gasteiger partial charge in [-0.15, -0.1) is 0 Å². The third kappa shape index (κ3) is 2.76. The van der Waals surface area contributed by atoms with Crippen molar-refractivity contribution in [1.82, 2.24) is 19.9 Å². The number of nitrogens with zero attached hydrogens (tertiary/aromatic N) is 3. The maximum atomic E-state index is 13.6. The van der Waals surface area contributed by atoms with Gasteiger partial charge in [-0.3, -0.25) is 4.98 Å². The highest BCUT2D eigenvalue weighted by Crippen LogP contribution is 2.26. The molecule has 0 saturated heterocycles. The molecule has 1 atom stereocenters. The summed E-state index contributed by atoms with van der Waals surface area (Å²) in [5, 5.41) is 3.25. The molecule has 0 spiro atoms. The SMILES string of the molecule is Fc1ccc2c(c1)nc1n2C(CNCc2ccncc2F)COC1. The van der Waals surface area contributed by atoms with E-state index in [2.05, 4.69) is 19.9 Å². The number of imidazole rings is 1. The first kappa shape index (κ1) is 15.2. The van der Waals surface area contributed by atoms with Crippen LogP contribution in [0, 0.1) is 11.6 Å². The number of fused-ring (bicyclic) bond motifs is 3. The minimum absolute atomic E-state index is 0.0223. The van der Waals surface area contributed by atoms with Gasteiger partial charge in [0.2, 0.25) is 0 Å². The Bertz CT molecular complexity index is 880. The smallest absolute Gasteiger partial charge is 0.145 e. The second-order valence-electron chi connectivity index (χ2n) is 5.80. The van der Waals surface area contributed by atoms with Crippen LogP contribution in [0.1, 0.15) is 17.4 Å². The predicted octanol–water partition coefficient (Wildman–Crippen LogP) is 2.57. The zero-order valence-electron chi connectivity index (χ0n) is 12.9. The molecular formula is C17H16F2N4O. The summed E-state index contributed by atoms with van der Waals surface area (Å²) < 4.78 is 34.7. The van der Waals surface area contributed by atoms with Gasteiger partial charge in [-0.2, -0.15) is 0 Å². The second kappa shape index (κ2) is 6.26. The molecule has 4 rings (SSSR count). The van der Waals surface area contributed by atoms with E-state index in [0.29, 0.717) is 37.4 Å². The van der Waals surface area contributed by atoms with E-state index in [1.54, 1.807) is 18.3 Å². The lowest BCUT2D eigenvalue weighted by Gasteiger charge is -2.26. The number of hydrogen-bond acceptors (Lipinski definition) is 4. The van der Waals surface area contributed by atoms with Crippen molar-refractivity contribution in [3.8, 4) is 0 Å². The molecule has 0 radical (unpaired) electrons. The van der Waals surface area contributed by atoms with Crippen molar-refractivity contribution in [3.63, 3.8) is 0 Å². The highest BCUT2D eigenvalue weighted by Gasteiger charge is 2.24. The average Bonchev–Trinajstić information content (AvgIpc) is 2.94. The molecule has 1 N–H and O–H groups in total. The number of rotatable bonds is 4. The maximum Gasteiger partial charge on any atom is 0.145 e. The lowest BCUT2D eigenvalue weighted by atomic mass is 10.2. The Morgan fingerprint density at radius 1 is 1.29 bits per heavy atom. The van der Waals surface area contributed by atoms with Crippen molar-refractivity contribution < 1.29 is 13.5 Å². The summed E-state index contributed by atoms with van der Waals surface area (Å²) in [6.07, 6.45) is 2.77. The molecule has 1 unspecified atom stereocenters. The fourth-order valence-corrected chi connectivity index (χ4v) is 3.06. The monoisotopic (exact) mass is 330 g/mol. The molecule has 0 amide bonds. The van der Waals surface area contributed by atoms with E-state index in [1.807, 2.05) is 0 Å². The van der Waals surface area contributed by atoms with Crippen molar-refractivity contribution in [2.24, 2.45) is 0 Å². The summed E-state index contributed by atoms with van der Waals surface area (Å²) in [5.41, 5.74) is 2.08. The lowest BCUT2D eigenvalue weighted by molar-refractivity contribution is 0.0564. The van der Waals surface area contributed by atoms with Gasteiger partial charge in [0.1, 0.15) is 24.1 Å². The highest BCUT2D eigenvalue weighted by molar-refractivity contribution is 5.76. The normalized spacial score (nSPS) is 17.2. The van der Waals surface area contributed by atoms with Crippen molar-refractivity contribution in [2.75, 3.05) is 13.2 Å². The van der Waals surface area contributed by atoms with Crippen molar-refractivity contribution >= 4 is 11.0 Å². The Labute approximate surface area is 137 Å². The topological polar surface area (TPSA) is 52.0 Å². The van der Waals surface area contributed by atoms with Crippen LogP contribution in [0.5, 0.6) is 0 Å². The fourth-order valence-electron chi connectivity index (χ4n) is 3.06. The molecule has 0 fully saturated rings. The van der Waals surface area contributed by atoms with E-state index in [9.17, 15) is 8.78 Å². The molecule has 1 aromatic carbocycles. The van der Waals surface area contributed by atoms with Crippen LogP contribution < -0.4 is 5.32 Å². The van der Waals surface area contributed by atoms with E-state index >= 15 is 0 Å². The number of hydrogen-bond donors (Lipinski definition) is 1. The summed E-state index contributed by atoms with van der Waals surface area (Å²) in [6, 6.07) is 6.28. The summed E-state index contributed by atoms with van der Waals surface area (Å²) in [5.74, 6) is 0.152. The average molecular weight is 330 g/mol. The molecule has 7 heteroatoms. The molecule has 5 nitrogen and oxygen atoms in total. The Balaban J connectivity index is 1.54. The first-order valence-electron chi connectivity index (χ1n) is 7.75. The lowest BCUT2D eigenvalue weighted by Crippen LogP contribution is -2.32. The first-order valence-corrected chi connectivity index (χ1v) is 7.75. The summed E-state index contributed by atoms with van der Waals surface area (Å²) >= 11 is 0. The van der Waals surface area contributed by atoms with Crippen LogP contribution in [0.2, 0.25) is 0 Å². The van der Waals surface area contributed by atoms with Crippen LogP contribution in [0.4, 0.5) is 8.78 Å². The summed E-state index contributed by atoms with van der Waals surface area (Å²) in [6.45, 7) is 1.94. The number of benzene rings is 1. The zero-order chi connectivity index (χ0) is 16.5. The van der Waals surface area contributed by atoms with E-state index in [1.165, 1.54) is 18.3 Å². The van der Waals surface area contributed by atoms with Crippen LogP contribution in [-0.4, -0.2) is 27.7 Å². The summed E-state index contributed by atoms with van der Waals surface area (Å²) in [7, 11) is 0. The van der Waals surface area contributed by atoms with Crippen molar-refractivity contribution in [2.45, 2.75) is 19.2 Å². The highest BCUT2D eigenvalue weighted by atomic mass is 19.1. The van der Waals surface area contributed by atoms with Gasteiger partial charge >= 0.3 is 0 Å². The standard InChI is InChI=1S/C17H16F2N4O/c18-12-1-2-16-15(5-12)22-17-10-24-9-13(23(16)17)7-21-6-11-3-4-20-8-14(11)19/h1-5,8,13,21H,6-7,9-10H2. The first-order chi connectivity index (χ1) is 11.7. The van der Waals surface area contributed by atoms with Gasteiger partial charge in [0.25, 0.3) is 0 Å².